The molecule has 1 heterocycles. The Hall–Kier alpha value is -2.37. The van der Waals surface area contributed by atoms with Gasteiger partial charge in [-0.3, -0.25) is 19.4 Å². The van der Waals surface area contributed by atoms with Gasteiger partial charge in [-0.25, -0.2) is 4.79 Å². The van der Waals surface area contributed by atoms with E-state index in [4.69, 9.17) is 0 Å². The van der Waals surface area contributed by atoms with Crippen LogP contribution in [0.2, 0.25) is 0 Å². The fourth-order valence-electron chi connectivity index (χ4n) is 3.28. The molecule has 148 valence electrons. The number of nitrogens with one attached hydrogen (secondary N) is 1. The van der Waals surface area contributed by atoms with E-state index in [9.17, 15) is 14.4 Å². The van der Waals surface area contributed by atoms with Crippen molar-refractivity contribution in [3.63, 3.8) is 0 Å². The Kier molecular flexibility index (Phi) is 6.99. The van der Waals surface area contributed by atoms with Crippen LogP contribution in [0.15, 0.2) is 24.3 Å². The lowest BCUT2D eigenvalue weighted by Crippen LogP contribution is -2.44. The van der Waals surface area contributed by atoms with Gasteiger partial charge in [-0.2, -0.15) is 0 Å². The van der Waals surface area contributed by atoms with Crippen LogP contribution in [0, 0.1) is 12.8 Å². The van der Waals surface area contributed by atoms with Gasteiger partial charge in [-0.15, -0.1) is 0 Å². The van der Waals surface area contributed by atoms with Crippen molar-refractivity contribution in [2.45, 2.75) is 66.0 Å². The van der Waals surface area contributed by atoms with Gasteiger partial charge >= 0.3 is 6.03 Å². The first kappa shape index (κ1) is 20.9. The molecule has 1 saturated heterocycles. The summed E-state index contributed by atoms with van der Waals surface area (Å²) in [5.74, 6) is -0.00289. The van der Waals surface area contributed by atoms with Crippen molar-refractivity contribution in [2.24, 2.45) is 5.92 Å². The summed E-state index contributed by atoms with van der Waals surface area (Å²) < 4.78 is 0. The molecule has 6 nitrogen and oxygen atoms in total. The second kappa shape index (κ2) is 9.02. The molecule has 0 saturated carbocycles. The summed E-state index contributed by atoms with van der Waals surface area (Å²) in [6, 6.07) is 6.39. The standard InChI is InChI=1S/C21H31N3O3/c1-14(2)7-6-8-16(4)22-19(25)13-23-20(26)17(5)24(21(23)27)18-11-9-15(3)10-12-18/h9-12,14,16-17H,6-8,13H2,1-5H3,(H,22,25)/t16-,17-/m1/s1. The highest BCUT2D eigenvalue weighted by Crippen LogP contribution is 2.25. The third-order valence-corrected chi connectivity index (χ3v) is 4.89. The SMILES string of the molecule is Cc1ccc(N2C(=O)N(CC(=O)N[C@H](C)CCCC(C)C)C(=O)[C@H]2C)cc1. The van der Waals surface area contributed by atoms with Gasteiger partial charge in [-0.05, 0) is 45.2 Å². The van der Waals surface area contributed by atoms with Crippen LogP contribution in [0.5, 0.6) is 0 Å². The van der Waals surface area contributed by atoms with Crippen LogP contribution in [0.1, 0.15) is 52.5 Å². The maximum Gasteiger partial charge on any atom is 0.332 e. The molecule has 1 aliphatic heterocycles. The summed E-state index contributed by atoms with van der Waals surface area (Å²) in [5, 5.41) is 2.89. The Balaban J connectivity index is 1.96. The van der Waals surface area contributed by atoms with Crippen molar-refractivity contribution in [1.29, 1.82) is 0 Å². The predicted molar refractivity (Wildman–Crippen MR) is 107 cm³/mol. The van der Waals surface area contributed by atoms with Crippen LogP contribution < -0.4 is 10.2 Å². The van der Waals surface area contributed by atoms with Crippen LogP contribution in [0.25, 0.3) is 0 Å². The number of amides is 4. The number of anilines is 1. The molecule has 1 aromatic carbocycles. The summed E-state index contributed by atoms with van der Waals surface area (Å²) >= 11 is 0. The lowest BCUT2D eigenvalue weighted by Gasteiger charge is -2.20. The molecule has 0 unspecified atom stereocenters. The Bertz CT molecular complexity index is 684. The van der Waals surface area contributed by atoms with E-state index in [2.05, 4.69) is 19.2 Å². The molecule has 0 bridgehead atoms. The maximum absolute atomic E-state index is 12.7. The molecule has 4 amide bonds. The van der Waals surface area contributed by atoms with E-state index >= 15 is 0 Å². The number of urea groups is 1. The zero-order valence-electron chi connectivity index (χ0n) is 17.0. The fraction of sp³-hybridized carbons (Fsp3) is 0.571. The normalized spacial score (nSPS) is 18.4. The number of carbonyl (C=O) groups is 3. The molecule has 1 fully saturated rings. The second-order valence-electron chi connectivity index (χ2n) is 7.88. The lowest BCUT2D eigenvalue weighted by atomic mass is 10.0. The Morgan fingerprint density at radius 1 is 1.11 bits per heavy atom. The number of aryl methyl sites for hydroxylation is 1. The molecule has 2 atom stereocenters. The van der Waals surface area contributed by atoms with Gasteiger partial charge < -0.3 is 5.32 Å². The minimum atomic E-state index is -0.614. The fourth-order valence-corrected chi connectivity index (χ4v) is 3.28. The van der Waals surface area contributed by atoms with E-state index in [0.717, 1.165) is 29.7 Å². The Morgan fingerprint density at radius 3 is 2.33 bits per heavy atom. The zero-order valence-corrected chi connectivity index (χ0v) is 17.0. The van der Waals surface area contributed by atoms with Gasteiger partial charge in [0.25, 0.3) is 5.91 Å². The topological polar surface area (TPSA) is 69.7 Å². The van der Waals surface area contributed by atoms with Gasteiger partial charge in [0.15, 0.2) is 0 Å². The average Bonchev–Trinajstić information content (AvgIpc) is 2.79. The quantitative estimate of drug-likeness (QED) is 0.709. The highest BCUT2D eigenvalue weighted by molar-refractivity contribution is 6.15. The van der Waals surface area contributed by atoms with Crippen molar-refractivity contribution in [2.75, 3.05) is 11.4 Å². The summed E-state index contributed by atoms with van der Waals surface area (Å²) in [5.41, 5.74) is 1.74. The third-order valence-electron chi connectivity index (χ3n) is 4.89. The van der Waals surface area contributed by atoms with E-state index in [0.29, 0.717) is 11.6 Å². The molecule has 0 aliphatic carbocycles. The van der Waals surface area contributed by atoms with Gasteiger partial charge in [0.1, 0.15) is 12.6 Å². The number of imide groups is 1. The number of nitrogens with zero attached hydrogens (tertiary/aromatic N) is 2. The van der Waals surface area contributed by atoms with Crippen molar-refractivity contribution in [3.8, 4) is 0 Å². The minimum Gasteiger partial charge on any atom is -0.352 e. The number of rotatable bonds is 8. The first-order valence-electron chi connectivity index (χ1n) is 9.71. The number of benzene rings is 1. The summed E-state index contributed by atoms with van der Waals surface area (Å²) in [6.45, 7) is 9.71. The monoisotopic (exact) mass is 373 g/mol. The highest BCUT2D eigenvalue weighted by atomic mass is 16.2. The van der Waals surface area contributed by atoms with Crippen LogP contribution in [0.3, 0.4) is 0 Å². The van der Waals surface area contributed by atoms with Gasteiger partial charge in [0.05, 0.1) is 0 Å². The molecular formula is C21H31N3O3. The molecule has 0 spiro atoms. The van der Waals surface area contributed by atoms with E-state index in [1.807, 2.05) is 38.1 Å². The van der Waals surface area contributed by atoms with Crippen molar-refractivity contribution in [1.82, 2.24) is 10.2 Å². The zero-order chi connectivity index (χ0) is 20.1. The average molecular weight is 373 g/mol. The molecule has 6 heteroatoms. The number of carbonyl (C=O) groups excluding carboxylic acids is 3. The van der Waals surface area contributed by atoms with Gasteiger partial charge in [-0.1, -0.05) is 44.4 Å². The molecule has 2 rings (SSSR count). The van der Waals surface area contributed by atoms with E-state index in [1.54, 1.807) is 6.92 Å². The molecule has 27 heavy (non-hydrogen) atoms. The smallest absolute Gasteiger partial charge is 0.332 e. The third kappa shape index (κ3) is 5.31. The molecule has 1 aliphatic rings. The number of hydrogen-bond donors (Lipinski definition) is 1. The molecule has 0 aromatic heterocycles. The molecular weight excluding hydrogens is 342 g/mol. The summed E-state index contributed by atoms with van der Waals surface area (Å²) in [4.78, 5) is 40.1. The van der Waals surface area contributed by atoms with Gasteiger partial charge in [0.2, 0.25) is 5.91 Å². The minimum absolute atomic E-state index is 0.0229. The van der Waals surface area contributed by atoms with Gasteiger partial charge in [0, 0.05) is 11.7 Å². The largest absolute Gasteiger partial charge is 0.352 e. The molecule has 0 radical (unpaired) electrons. The predicted octanol–water partition coefficient (Wildman–Crippen LogP) is 3.48. The van der Waals surface area contributed by atoms with Crippen LogP contribution in [-0.2, 0) is 9.59 Å². The van der Waals surface area contributed by atoms with Crippen molar-refractivity contribution >= 4 is 23.5 Å². The Morgan fingerprint density at radius 2 is 1.74 bits per heavy atom. The van der Waals surface area contributed by atoms with E-state index in [1.165, 1.54) is 4.90 Å². The number of hydrogen-bond acceptors (Lipinski definition) is 3. The second-order valence-corrected chi connectivity index (χ2v) is 7.88. The highest BCUT2D eigenvalue weighted by Gasteiger charge is 2.44. The summed E-state index contributed by atoms with van der Waals surface area (Å²) in [6.07, 6.45) is 3.04. The lowest BCUT2D eigenvalue weighted by molar-refractivity contribution is -0.132. The molecule has 1 N–H and O–H groups in total. The van der Waals surface area contributed by atoms with E-state index in [-0.39, 0.29) is 24.4 Å². The van der Waals surface area contributed by atoms with Crippen LogP contribution in [-0.4, -0.2) is 41.4 Å². The van der Waals surface area contributed by atoms with Crippen LogP contribution >= 0.6 is 0 Å². The van der Waals surface area contributed by atoms with Crippen LogP contribution in [0.4, 0.5) is 10.5 Å². The Labute approximate surface area is 161 Å². The van der Waals surface area contributed by atoms with Crippen molar-refractivity contribution in [3.05, 3.63) is 29.8 Å². The maximum atomic E-state index is 12.7. The first-order valence-corrected chi connectivity index (χ1v) is 9.71. The molecule has 1 aromatic rings. The first-order chi connectivity index (χ1) is 12.7. The van der Waals surface area contributed by atoms with Crippen molar-refractivity contribution < 1.29 is 14.4 Å². The van der Waals surface area contributed by atoms with E-state index < -0.39 is 12.1 Å². The summed E-state index contributed by atoms with van der Waals surface area (Å²) in [7, 11) is 0.